The van der Waals surface area contributed by atoms with E-state index in [0.717, 1.165) is 30.6 Å². The van der Waals surface area contributed by atoms with E-state index in [0.29, 0.717) is 5.92 Å². The number of hydrogen-bond donors (Lipinski definition) is 0. The van der Waals surface area contributed by atoms with Gasteiger partial charge in [-0.25, -0.2) is 0 Å². The third-order valence-corrected chi connectivity index (χ3v) is 4.09. The first-order valence-corrected chi connectivity index (χ1v) is 6.02. The number of ketones is 1. The molecule has 2 rings (SSSR count). The molecule has 0 aromatic rings. The molecule has 0 radical (unpaired) electrons. The standard InChI is InChI=1S/C14H20O2/c1-9-6-5-7-14(3)12(9)11(16-4)8-10(2)13(14)15/h8-9H,5-7H2,1-4H3/t9-,14-/m0/s1. The third kappa shape index (κ3) is 1.43. The Morgan fingerprint density at radius 2 is 2.19 bits per heavy atom. The molecule has 2 heteroatoms. The first-order chi connectivity index (χ1) is 7.50. The van der Waals surface area contributed by atoms with Crippen LogP contribution in [0.5, 0.6) is 0 Å². The van der Waals surface area contributed by atoms with Crippen molar-refractivity contribution in [1.29, 1.82) is 0 Å². The molecule has 2 nitrogen and oxygen atoms in total. The van der Waals surface area contributed by atoms with E-state index in [9.17, 15) is 4.79 Å². The molecule has 1 fully saturated rings. The van der Waals surface area contributed by atoms with Gasteiger partial charge in [0, 0.05) is 0 Å². The zero-order valence-corrected chi connectivity index (χ0v) is 10.6. The molecular weight excluding hydrogens is 200 g/mol. The molecule has 0 aromatic carbocycles. The molecule has 88 valence electrons. The second-order valence-corrected chi connectivity index (χ2v) is 5.26. The maximum absolute atomic E-state index is 12.3. The molecule has 0 unspecified atom stereocenters. The van der Waals surface area contributed by atoms with E-state index >= 15 is 0 Å². The van der Waals surface area contributed by atoms with Gasteiger partial charge in [0.1, 0.15) is 5.76 Å². The monoisotopic (exact) mass is 220 g/mol. The molecule has 0 heterocycles. The van der Waals surface area contributed by atoms with Crippen LogP contribution in [0, 0.1) is 11.3 Å². The van der Waals surface area contributed by atoms with Crippen molar-refractivity contribution in [2.24, 2.45) is 11.3 Å². The second kappa shape index (κ2) is 3.76. The van der Waals surface area contributed by atoms with Crippen molar-refractivity contribution < 1.29 is 9.53 Å². The fourth-order valence-electron chi connectivity index (χ4n) is 3.28. The van der Waals surface area contributed by atoms with Crippen LogP contribution < -0.4 is 0 Å². The quantitative estimate of drug-likeness (QED) is 0.678. The lowest BCUT2D eigenvalue weighted by Gasteiger charge is -2.42. The summed E-state index contributed by atoms with van der Waals surface area (Å²) in [6.07, 6.45) is 5.17. The normalized spacial score (nSPS) is 34.6. The maximum atomic E-state index is 12.3. The topological polar surface area (TPSA) is 26.3 Å². The summed E-state index contributed by atoms with van der Waals surface area (Å²) < 4.78 is 5.47. The molecule has 0 bridgehead atoms. The molecule has 2 atom stereocenters. The summed E-state index contributed by atoms with van der Waals surface area (Å²) in [6.45, 7) is 6.17. The van der Waals surface area contributed by atoms with E-state index in [2.05, 4.69) is 13.8 Å². The molecule has 2 aliphatic rings. The highest BCUT2D eigenvalue weighted by Gasteiger charge is 2.45. The molecule has 0 N–H and O–H groups in total. The van der Waals surface area contributed by atoms with Crippen molar-refractivity contribution in [1.82, 2.24) is 0 Å². The molecule has 0 spiro atoms. The smallest absolute Gasteiger partial charge is 0.168 e. The highest BCUT2D eigenvalue weighted by atomic mass is 16.5. The number of carbonyl (C=O) groups excluding carboxylic acids is 1. The zero-order chi connectivity index (χ0) is 11.9. The van der Waals surface area contributed by atoms with Crippen molar-refractivity contribution >= 4 is 5.78 Å². The van der Waals surface area contributed by atoms with Gasteiger partial charge in [-0.05, 0) is 49.8 Å². The number of carbonyl (C=O) groups is 1. The molecule has 0 aliphatic heterocycles. The lowest BCUT2D eigenvalue weighted by Crippen LogP contribution is -2.39. The Balaban J connectivity index is 2.59. The van der Waals surface area contributed by atoms with Crippen LogP contribution in [0.25, 0.3) is 0 Å². The van der Waals surface area contributed by atoms with Crippen LogP contribution in [0.3, 0.4) is 0 Å². The Hall–Kier alpha value is -1.05. The van der Waals surface area contributed by atoms with Crippen molar-refractivity contribution in [3.05, 3.63) is 23.0 Å². The van der Waals surface area contributed by atoms with Gasteiger partial charge in [-0.3, -0.25) is 4.79 Å². The van der Waals surface area contributed by atoms with Gasteiger partial charge in [0.25, 0.3) is 0 Å². The number of fused-ring (bicyclic) bond motifs is 1. The van der Waals surface area contributed by atoms with Gasteiger partial charge in [0.15, 0.2) is 5.78 Å². The van der Waals surface area contributed by atoms with Gasteiger partial charge in [-0.1, -0.05) is 13.3 Å². The van der Waals surface area contributed by atoms with Crippen LogP contribution in [0.15, 0.2) is 23.0 Å². The maximum Gasteiger partial charge on any atom is 0.168 e. The third-order valence-electron chi connectivity index (χ3n) is 4.09. The number of allylic oxidation sites excluding steroid dienone is 3. The van der Waals surface area contributed by atoms with E-state index in [1.165, 1.54) is 5.57 Å². The highest BCUT2D eigenvalue weighted by molar-refractivity contribution is 6.03. The summed E-state index contributed by atoms with van der Waals surface area (Å²) in [5.74, 6) is 1.67. The lowest BCUT2D eigenvalue weighted by atomic mass is 9.61. The van der Waals surface area contributed by atoms with E-state index in [1.807, 2.05) is 13.0 Å². The molecule has 0 amide bonds. The predicted octanol–water partition coefficient (Wildman–Crippen LogP) is 3.24. The van der Waals surface area contributed by atoms with Crippen LogP contribution in [-0.2, 0) is 9.53 Å². The number of rotatable bonds is 1. The van der Waals surface area contributed by atoms with Crippen LogP contribution in [0.2, 0.25) is 0 Å². The summed E-state index contributed by atoms with van der Waals surface area (Å²) in [6, 6.07) is 0. The van der Waals surface area contributed by atoms with Gasteiger partial charge >= 0.3 is 0 Å². The Labute approximate surface area is 97.4 Å². The fraction of sp³-hybridized carbons (Fsp3) is 0.643. The number of Topliss-reactive ketones (excluding diaryl/α,β-unsaturated/α-hetero) is 1. The van der Waals surface area contributed by atoms with Crippen molar-refractivity contribution in [3.8, 4) is 0 Å². The van der Waals surface area contributed by atoms with Crippen LogP contribution >= 0.6 is 0 Å². The minimum atomic E-state index is -0.304. The Bertz CT molecular complexity index is 390. The molecule has 2 aliphatic carbocycles. The first kappa shape index (κ1) is 11.4. The summed E-state index contributed by atoms with van der Waals surface area (Å²) >= 11 is 0. The average molecular weight is 220 g/mol. The van der Waals surface area contributed by atoms with Gasteiger partial charge < -0.3 is 4.74 Å². The number of methoxy groups -OCH3 is 1. The second-order valence-electron chi connectivity index (χ2n) is 5.26. The summed E-state index contributed by atoms with van der Waals surface area (Å²) in [5.41, 5.74) is 1.75. The van der Waals surface area contributed by atoms with Crippen molar-refractivity contribution in [2.45, 2.75) is 40.0 Å². The first-order valence-electron chi connectivity index (χ1n) is 6.02. The molecule has 16 heavy (non-hydrogen) atoms. The molecular formula is C14H20O2. The average Bonchev–Trinajstić information content (AvgIpc) is 2.24. The SMILES string of the molecule is COC1=C2[C@@H](C)CCC[C@]2(C)C(=O)C(C)=C1. The summed E-state index contributed by atoms with van der Waals surface area (Å²) in [7, 11) is 1.70. The fourth-order valence-corrected chi connectivity index (χ4v) is 3.28. The van der Waals surface area contributed by atoms with Gasteiger partial charge in [0.2, 0.25) is 0 Å². The highest BCUT2D eigenvalue weighted by Crippen LogP contribution is 2.49. The van der Waals surface area contributed by atoms with Crippen LogP contribution in [0.1, 0.15) is 40.0 Å². The van der Waals surface area contributed by atoms with E-state index < -0.39 is 0 Å². The van der Waals surface area contributed by atoms with Crippen LogP contribution in [0.4, 0.5) is 0 Å². The zero-order valence-electron chi connectivity index (χ0n) is 10.6. The largest absolute Gasteiger partial charge is 0.497 e. The number of ether oxygens (including phenoxy) is 1. The Morgan fingerprint density at radius 3 is 2.81 bits per heavy atom. The van der Waals surface area contributed by atoms with Gasteiger partial charge in [-0.2, -0.15) is 0 Å². The van der Waals surface area contributed by atoms with Crippen LogP contribution in [-0.4, -0.2) is 12.9 Å². The van der Waals surface area contributed by atoms with E-state index in [-0.39, 0.29) is 11.2 Å². The summed E-state index contributed by atoms with van der Waals surface area (Å²) in [4.78, 5) is 12.3. The molecule has 0 aromatic heterocycles. The predicted molar refractivity (Wildman–Crippen MR) is 63.9 cm³/mol. The minimum Gasteiger partial charge on any atom is -0.497 e. The van der Waals surface area contributed by atoms with Crippen molar-refractivity contribution in [3.63, 3.8) is 0 Å². The van der Waals surface area contributed by atoms with E-state index in [4.69, 9.17) is 4.74 Å². The van der Waals surface area contributed by atoms with Crippen molar-refractivity contribution in [2.75, 3.05) is 7.11 Å². The lowest BCUT2D eigenvalue weighted by molar-refractivity contribution is -0.124. The number of hydrogen-bond acceptors (Lipinski definition) is 2. The molecule has 1 saturated carbocycles. The Kier molecular flexibility index (Phi) is 2.69. The molecule has 0 saturated heterocycles. The van der Waals surface area contributed by atoms with Gasteiger partial charge in [-0.15, -0.1) is 0 Å². The Morgan fingerprint density at radius 1 is 1.50 bits per heavy atom. The summed E-state index contributed by atoms with van der Waals surface area (Å²) in [5, 5.41) is 0. The minimum absolute atomic E-state index is 0.287. The van der Waals surface area contributed by atoms with Gasteiger partial charge in [0.05, 0.1) is 12.5 Å². The van der Waals surface area contributed by atoms with E-state index in [1.54, 1.807) is 7.11 Å².